The number of aliphatic carboxylic acids is 1. The van der Waals surface area contributed by atoms with Crippen molar-refractivity contribution in [2.75, 3.05) is 6.54 Å². The Labute approximate surface area is 112 Å². The molecule has 0 aliphatic rings. The zero-order chi connectivity index (χ0) is 14.1. The van der Waals surface area contributed by atoms with Crippen molar-refractivity contribution < 1.29 is 14.7 Å². The van der Waals surface area contributed by atoms with Crippen LogP contribution in [0.2, 0.25) is 0 Å². The van der Waals surface area contributed by atoms with Gasteiger partial charge < -0.3 is 20.3 Å². The maximum absolute atomic E-state index is 11.5. The molecule has 7 nitrogen and oxygen atoms in total. The highest BCUT2D eigenvalue weighted by Crippen LogP contribution is 2.00. The van der Waals surface area contributed by atoms with E-state index in [1.54, 1.807) is 18.7 Å². The van der Waals surface area contributed by atoms with Crippen LogP contribution in [0.15, 0.2) is 18.7 Å². The fraction of sp³-hybridized carbons (Fsp3) is 0.583. The van der Waals surface area contributed by atoms with Crippen LogP contribution < -0.4 is 10.6 Å². The highest BCUT2D eigenvalue weighted by Gasteiger charge is 2.18. The summed E-state index contributed by atoms with van der Waals surface area (Å²) in [5, 5.41) is 14.0. The minimum absolute atomic E-state index is 0.419. The number of carbonyl (C=O) groups excluding carboxylic acids is 1. The second kappa shape index (κ2) is 8.12. The summed E-state index contributed by atoms with van der Waals surface area (Å²) in [5.41, 5.74) is 0. The van der Waals surface area contributed by atoms with Gasteiger partial charge in [0.15, 0.2) is 0 Å². The van der Waals surface area contributed by atoms with Crippen LogP contribution in [-0.2, 0) is 11.3 Å². The summed E-state index contributed by atoms with van der Waals surface area (Å²) in [6.45, 7) is 2.99. The molecule has 0 spiro atoms. The lowest BCUT2D eigenvalue weighted by atomic mass is 10.1. The van der Waals surface area contributed by atoms with Gasteiger partial charge in [-0.05, 0) is 6.42 Å². The highest BCUT2D eigenvalue weighted by molar-refractivity contribution is 5.82. The normalized spacial score (nSPS) is 11.8. The fourth-order valence-corrected chi connectivity index (χ4v) is 1.59. The van der Waals surface area contributed by atoms with Crippen molar-refractivity contribution in [1.82, 2.24) is 20.2 Å². The van der Waals surface area contributed by atoms with E-state index < -0.39 is 18.0 Å². The molecule has 1 aromatic rings. The molecular weight excluding hydrogens is 248 g/mol. The van der Waals surface area contributed by atoms with Crippen molar-refractivity contribution in [2.45, 2.75) is 38.8 Å². The predicted octanol–water partition coefficient (Wildman–Crippen LogP) is 0.826. The molecule has 1 atom stereocenters. The first-order valence-corrected chi connectivity index (χ1v) is 6.36. The summed E-state index contributed by atoms with van der Waals surface area (Å²) in [6.07, 6.45) is 7.22. The summed E-state index contributed by atoms with van der Waals surface area (Å²) >= 11 is 0. The van der Waals surface area contributed by atoms with E-state index in [0.29, 0.717) is 19.5 Å². The third-order valence-corrected chi connectivity index (χ3v) is 2.66. The number of carboxylic acid groups (broad SMARTS) is 1. The lowest BCUT2D eigenvalue weighted by molar-refractivity contribution is -0.139. The Hall–Kier alpha value is -2.05. The van der Waals surface area contributed by atoms with Crippen LogP contribution in [-0.4, -0.2) is 39.2 Å². The number of imidazole rings is 1. The smallest absolute Gasteiger partial charge is 0.326 e. The molecule has 7 heteroatoms. The van der Waals surface area contributed by atoms with Crippen molar-refractivity contribution in [2.24, 2.45) is 0 Å². The zero-order valence-corrected chi connectivity index (χ0v) is 11.0. The summed E-state index contributed by atoms with van der Waals surface area (Å²) in [6, 6.07) is -1.28. The molecule has 0 saturated carbocycles. The molecule has 0 aliphatic heterocycles. The number of carboxylic acids is 1. The number of urea groups is 1. The topological polar surface area (TPSA) is 96.3 Å². The Morgan fingerprint density at radius 2 is 2.26 bits per heavy atom. The molecule has 1 unspecified atom stereocenters. The van der Waals surface area contributed by atoms with Gasteiger partial charge in [-0.1, -0.05) is 19.8 Å². The lowest BCUT2D eigenvalue weighted by Crippen LogP contribution is -2.46. The number of aromatic nitrogens is 2. The van der Waals surface area contributed by atoms with Crippen LogP contribution in [0.3, 0.4) is 0 Å². The Morgan fingerprint density at radius 1 is 1.47 bits per heavy atom. The average molecular weight is 268 g/mol. The molecule has 0 fully saturated rings. The summed E-state index contributed by atoms with van der Waals surface area (Å²) in [7, 11) is 0. The van der Waals surface area contributed by atoms with Crippen molar-refractivity contribution in [3.63, 3.8) is 0 Å². The summed E-state index contributed by atoms with van der Waals surface area (Å²) in [4.78, 5) is 26.4. The average Bonchev–Trinajstić information content (AvgIpc) is 2.87. The van der Waals surface area contributed by atoms with Gasteiger partial charge in [-0.15, -0.1) is 0 Å². The fourth-order valence-electron chi connectivity index (χ4n) is 1.59. The molecule has 0 bridgehead atoms. The van der Waals surface area contributed by atoms with E-state index in [2.05, 4.69) is 15.6 Å². The molecule has 0 aromatic carbocycles. The first kappa shape index (κ1) is 15.0. The molecule has 1 heterocycles. The number of carbonyl (C=O) groups is 2. The molecule has 0 saturated heterocycles. The van der Waals surface area contributed by atoms with Gasteiger partial charge in [0.1, 0.15) is 6.04 Å². The standard InChI is InChI=1S/C12H20N4O3/c1-2-3-4-10(11(17)18)15-12(19)14-6-8-16-7-5-13-9-16/h5,7,9-10H,2-4,6,8H2,1H3,(H,17,18)(H2,14,15,19). The number of hydrogen-bond donors (Lipinski definition) is 3. The van der Waals surface area contributed by atoms with Crippen LogP contribution in [0.5, 0.6) is 0 Å². The van der Waals surface area contributed by atoms with Crippen molar-refractivity contribution >= 4 is 12.0 Å². The van der Waals surface area contributed by atoms with Crippen LogP contribution in [0.1, 0.15) is 26.2 Å². The molecule has 1 aromatic heterocycles. The highest BCUT2D eigenvalue weighted by atomic mass is 16.4. The van der Waals surface area contributed by atoms with Gasteiger partial charge in [0.2, 0.25) is 0 Å². The Kier molecular flexibility index (Phi) is 6.42. The van der Waals surface area contributed by atoms with Gasteiger partial charge >= 0.3 is 12.0 Å². The molecule has 0 aliphatic carbocycles. The number of rotatable bonds is 8. The predicted molar refractivity (Wildman–Crippen MR) is 69.7 cm³/mol. The van der Waals surface area contributed by atoms with Gasteiger partial charge in [0.25, 0.3) is 0 Å². The second-order valence-corrected chi connectivity index (χ2v) is 4.23. The van der Waals surface area contributed by atoms with Crippen molar-refractivity contribution in [3.8, 4) is 0 Å². The molecule has 0 radical (unpaired) electrons. The van der Waals surface area contributed by atoms with Gasteiger partial charge in [-0.25, -0.2) is 14.6 Å². The quantitative estimate of drug-likeness (QED) is 0.650. The van der Waals surface area contributed by atoms with Gasteiger partial charge in [0, 0.05) is 25.5 Å². The molecule has 3 N–H and O–H groups in total. The summed E-state index contributed by atoms with van der Waals surface area (Å²) < 4.78 is 1.83. The van der Waals surface area contributed by atoms with Crippen molar-refractivity contribution in [1.29, 1.82) is 0 Å². The van der Waals surface area contributed by atoms with E-state index in [4.69, 9.17) is 5.11 Å². The first-order valence-electron chi connectivity index (χ1n) is 6.36. The monoisotopic (exact) mass is 268 g/mol. The molecule has 106 valence electrons. The molecular formula is C12H20N4O3. The Balaban J connectivity index is 2.25. The summed E-state index contributed by atoms with van der Waals surface area (Å²) in [5.74, 6) is -1.00. The van der Waals surface area contributed by atoms with E-state index in [9.17, 15) is 9.59 Å². The van der Waals surface area contributed by atoms with E-state index in [-0.39, 0.29) is 0 Å². The number of nitrogens with zero attached hydrogens (tertiary/aromatic N) is 2. The van der Waals surface area contributed by atoms with E-state index in [0.717, 1.165) is 12.8 Å². The number of nitrogens with one attached hydrogen (secondary N) is 2. The minimum atomic E-state index is -1.00. The number of hydrogen-bond acceptors (Lipinski definition) is 3. The maximum atomic E-state index is 11.5. The second-order valence-electron chi connectivity index (χ2n) is 4.23. The number of amides is 2. The first-order chi connectivity index (χ1) is 9.13. The molecule has 19 heavy (non-hydrogen) atoms. The van der Waals surface area contributed by atoms with Crippen LogP contribution in [0.4, 0.5) is 4.79 Å². The van der Waals surface area contributed by atoms with E-state index in [1.807, 2.05) is 11.5 Å². The molecule has 1 rings (SSSR count). The maximum Gasteiger partial charge on any atom is 0.326 e. The largest absolute Gasteiger partial charge is 0.480 e. The van der Waals surface area contributed by atoms with Gasteiger partial charge in [0.05, 0.1) is 6.33 Å². The van der Waals surface area contributed by atoms with Crippen LogP contribution >= 0.6 is 0 Å². The minimum Gasteiger partial charge on any atom is -0.480 e. The van der Waals surface area contributed by atoms with E-state index in [1.165, 1.54) is 0 Å². The SMILES string of the molecule is CCCCC(NC(=O)NCCn1ccnc1)C(=O)O. The Morgan fingerprint density at radius 3 is 2.84 bits per heavy atom. The third kappa shape index (κ3) is 5.89. The molecule has 2 amide bonds. The van der Waals surface area contributed by atoms with Gasteiger partial charge in [-0.2, -0.15) is 0 Å². The van der Waals surface area contributed by atoms with Gasteiger partial charge in [-0.3, -0.25) is 0 Å². The van der Waals surface area contributed by atoms with E-state index >= 15 is 0 Å². The van der Waals surface area contributed by atoms with Crippen LogP contribution in [0.25, 0.3) is 0 Å². The number of unbranched alkanes of at least 4 members (excludes halogenated alkanes) is 1. The van der Waals surface area contributed by atoms with Crippen LogP contribution in [0, 0.1) is 0 Å². The lowest BCUT2D eigenvalue weighted by Gasteiger charge is -2.14. The Bertz CT molecular complexity index is 392. The third-order valence-electron chi connectivity index (χ3n) is 2.66. The van der Waals surface area contributed by atoms with Crippen molar-refractivity contribution in [3.05, 3.63) is 18.7 Å². The zero-order valence-electron chi connectivity index (χ0n) is 11.0.